The smallest absolute Gasteiger partial charge is 0.410 e. The molecule has 8 nitrogen and oxygen atoms in total. The van der Waals surface area contributed by atoms with E-state index in [9.17, 15) is 4.79 Å². The van der Waals surface area contributed by atoms with E-state index in [4.69, 9.17) is 26.3 Å². The second kappa shape index (κ2) is 10.3. The van der Waals surface area contributed by atoms with Gasteiger partial charge in [-0.15, -0.1) is 0 Å². The molecule has 0 N–H and O–H groups in total. The van der Waals surface area contributed by atoms with Crippen molar-refractivity contribution in [1.82, 2.24) is 24.8 Å². The number of ether oxygens (including phenoxy) is 1. The molecule has 0 saturated carbocycles. The van der Waals surface area contributed by atoms with Crippen LogP contribution in [0.4, 0.5) is 10.6 Å². The SMILES string of the molecule is CC(C)(C)OC(=O)N1CCN(c2nc(-c3ccnc(Cc4ccccc4)c3)nc3cncc(Cl)c23)CC1. The summed E-state index contributed by atoms with van der Waals surface area (Å²) in [4.78, 5) is 35.0. The topological polar surface area (TPSA) is 84.3 Å². The molecule has 0 aliphatic carbocycles. The third-order valence-electron chi connectivity index (χ3n) is 6.08. The van der Waals surface area contributed by atoms with Gasteiger partial charge in [0.2, 0.25) is 0 Å². The lowest BCUT2D eigenvalue weighted by molar-refractivity contribution is 0.0240. The number of halogens is 1. The van der Waals surface area contributed by atoms with E-state index in [-0.39, 0.29) is 6.09 Å². The van der Waals surface area contributed by atoms with Gasteiger partial charge in [0.1, 0.15) is 11.4 Å². The van der Waals surface area contributed by atoms with E-state index in [0.717, 1.165) is 28.9 Å². The maximum atomic E-state index is 12.5. The number of piperazine rings is 1. The van der Waals surface area contributed by atoms with Crippen LogP contribution in [-0.4, -0.2) is 62.7 Å². The Balaban J connectivity index is 1.45. The lowest BCUT2D eigenvalue weighted by Crippen LogP contribution is -2.50. The predicted octanol–water partition coefficient (Wildman–Crippen LogP) is 5.39. The Morgan fingerprint density at radius 3 is 2.51 bits per heavy atom. The van der Waals surface area contributed by atoms with Crippen LogP contribution >= 0.6 is 11.6 Å². The molecule has 1 aliphatic heterocycles. The molecule has 4 aromatic rings. The van der Waals surface area contributed by atoms with Gasteiger partial charge in [-0.05, 0) is 38.5 Å². The van der Waals surface area contributed by atoms with Crippen LogP contribution in [0.15, 0.2) is 61.1 Å². The van der Waals surface area contributed by atoms with Crippen molar-refractivity contribution in [2.24, 2.45) is 0 Å². The molecule has 0 unspecified atom stereocenters. The zero-order chi connectivity index (χ0) is 26.0. The first-order valence-electron chi connectivity index (χ1n) is 12.3. The van der Waals surface area contributed by atoms with Crippen molar-refractivity contribution >= 4 is 34.4 Å². The normalized spacial score (nSPS) is 14.2. The molecule has 9 heteroatoms. The monoisotopic (exact) mass is 516 g/mol. The zero-order valence-electron chi connectivity index (χ0n) is 21.2. The number of benzene rings is 1. The van der Waals surface area contributed by atoms with Crippen molar-refractivity contribution in [3.05, 3.63) is 77.3 Å². The van der Waals surface area contributed by atoms with Gasteiger partial charge in [-0.1, -0.05) is 41.9 Å². The number of rotatable bonds is 4. The fourth-order valence-electron chi connectivity index (χ4n) is 4.33. The number of hydrogen-bond donors (Lipinski definition) is 0. The second-order valence-electron chi connectivity index (χ2n) is 10.0. The molecule has 5 rings (SSSR count). The van der Waals surface area contributed by atoms with Crippen LogP contribution in [0, 0.1) is 0 Å². The summed E-state index contributed by atoms with van der Waals surface area (Å²) in [5.74, 6) is 1.32. The van der Waals surface area contributed by atoms with E-state index in [0.29, 0.717) is 42.5 Å². The highest BCUT2D eigenvalue weighted by Crippen LogP contribution is 2.33. The molecule has 37 heavy (non-hydrogen) atoms. The van der Waals surface area contributed by atoms with Crippen molar-refractivity contribution in [3.8, 4) is 11.4 Å². The van der Waals surface area contributed by atoms with Gasteiger partial charge in [-0.25, -0.2) is 14.8 Å². The number of nitrogens with zero attached hydrogens (tertiary/aromatic N) is 6. The van der Waals surface area contributed by atoms with Gasteiger partial charge in [-0.3, -0.25) is 9.97 Å². The zero-order valence-corrected chi connectivity index (χ0v) is 21.9. The molecule has 1 fully saturated rings. The Morgan fingerprint density at radius 2 is 1.78 bits per heavy atom. The number of fused-ring (bicyclic) bond motifs is 1. The summed E-state index contributed by atoms with van der Waals surface area (Å²) in [5, 5.41) is 1.25. The quantitative estimate of drug-likeness (QED) is 0.359. The third kappa shape index (κ3) is 5.80. The molecule has 1 aliphatic rings. The van der Waals surface area contributed by atoms with Crippen LogP contribution in [0.25, 0.3) is 22.3 Å². The van der Waals surface area contributed by atoms with Gasteiger partial charge < -0.3 is 14.5 Å². The predicted molar refractivity (Wildman–Crippen MR) is 145 cm³/mol. The van der Waals surface area contributed by atoms with Gasteiger partial charge in [0.15, 0.2) is 5.82 Å². The van der Waals surface area contributed by atoms with Crippen molar-refractivity contribution < 1.29 is 9.53 Å². The molecule has 1 saturated heterocycles. The number of pyridine rings is 2. The number of carbonyl (C=O) groups is 1. The Kier molecular flexibility index (Phi) is 6.93. The van der Waals surface area contributed by atoms with Crippen LogP contribution in [0.5, 0.6) is 0 Å². The van der Waals surface area contributed by atoms with E-state index in [1.807, 2.05) is 51.1 Å². The lowest BCUT2D eigenvalue weighted by Gasteiger charge is -2.36. The lowest BCUT2D eigenvalue weighted by atomic mass is 10.1. The largest absolute Gasteiger partial charge is 0.444 e. The molecule has 4 heterocycles. The molecule has 190 valence electrons. The third-order valence-corrected chi connectivity index (χ3v) is 6.36. The van der Waals surface area contributed by atoms with Crippen LogP contribution in [0.3, 0.4) is 0 Å². The number of aromatic nitrogens is 4. The summed E-state index contributed by atoms with van der Waals surface area (Å²) in [6.07, 6.45) is 5.52. The van der Waals surface area contributed by atoms with Crippen molar-refractivity contribution in [1.29, 1.82) is 0 Å². The average Bonchev–Trinajstić information content (AvgIpc) is 2.88. The second-order valence-corrected chi connectivity index (χ2v) is 10.4. The minimum atomic E-state index is -0.531. The molecule has 0 bridgehead atoms. The van der Waals surface area contributed by atoms with Crippen LogP contribution in [0.1, 0.15) is 32.0 Å². The number of anilines is 1. The molecular formula is C28H29ClN6O2. The highest BCUT2D eigenvalue weighted by atomic mass is 35.5. The number of amides is 1. The maximum Gasteiger partial charge on any atom is 0.410 e. The summed E-state index contributed by atoms with van der Waals surface area (Å²) >= 11 is 6.58. The summed E-state index contributed by atoms with van der Waals surface area (Å²) in [5.41, 5.74) is 3.13. The molecule has 3 aromatic heterocycles. The van der Waals surface area contributed by atoms with Crippen molar-refractivity contribution in [2.75, 3.05) is 31.1 Å². The first-order valence-corrected chi connectivity index (χ1v) is 12.7. The number of carbonyl (C=O) groups excluding carboxylic acids is 1. The molecule has 0 atom stereocenters. The minimum Gasteiger partial charge on any atom is -0.444 e. The Hall–Kier alpha value is -3.78. The van der Waals surface area contributed by atoms with E-state index in [2.05, 4.69) is 27.0 Å². The van der Waals surface area contributed by atoms with E-state index >= 15 is 0 Å². The Bertz CT molecular complexity index is 1420. The molecule has 1 amide bonds. The molecule has 0 radical (unpaired) electrons. The van der Waals surface area contributed by atoms with Crippen LogP contribution in [0.2, 0.25) is 5.02 Å². The van der Waals surface area contributed by atoms with E-state index < -0.39 is 5.60 Å². The maximum absolute atomic E-state index is 12.5. The van der Waals surface area contributed by atoms with Gasteiger partial charge in [-0.2, -0.15) is 0 Å². The fraction of sp³-hybridized carbons (Fsp3) is 0.321. The van der Waals surface area contributed by atoms with Crippen molar-refractivity contribution in [3.63, 3.8) is 0 Å². The van der Waals surface area contributed by atoms with Gasteiger partial charge in [0, 0.05) is 56.3 Å². The number of hydrogen-bond acceptors (Lipinski definition) is 7. The highest BCUT2D eigenvalue weighted by Gasteiger charge is 2.28. The van der Waals surface area contributed by atoms with Gasteiger partial charge in [0.05, 0.1) is 22.1 Å². The minimum absolute atomic E-state index is 0.301. The fourth-order valence-corrected chi connectivity index (χ4v) is 4.57. The standard InChI is InChI=1S/C28H29ClN6O2/c1-28(2,3)37-27(36)35-13-11-34(12-14-35)26-24-22(29)17-30-18-23(24)32-25(33-26)20-9-10-31-21(16-20)15-19-7-5-4-6-8-19/h4-10,16-18H,11-15H2,1-3H3. The Morgan fingerprint density at radius 1 is 1.03 bits per heavy atom. The molecular weight excluding hydrogens is 488 g/mol. The summed E-state index contributed by atoms with van der Waals surface area (Å²) in [6, 6.07) is 14.2. The van der Waals surface area contributed by atoms with Crippen molar-refractivity contribution in [2.45, 2.75) is 32.8 Å². The first kappa shape index (κ1) is 24.9. The molecule has 0 spiro atoms. The van der Waals surface area contributed by atoms with Crippen LogP contribution < -0.4 is 4.90 Å². The average molecular weight is 517 g/mol. The van der Waals surface area contributed by atoms with Gasteiger partial charge >= 0.3 is 6.09 Å². The van der Waals surface area contributed by atoms with E-state index in [1.165, 1.54) is 5.56 Å². The summed E-state index contributed by atoms with van der Waals surface area (Å²) < 4.78 is 5.55. The summed E-state index contributed by atoms with van der Waals surface area (Å²) in [7, 11) is 0. The van der Waals surface area contributed by atoms with Gasteiger partial charge in [0.25, 0.3) is 0 Å². The van der Waals surface area contributed by atoms with Crippen LogP contribution in [-0.2, 0) is 11.2 Å². The summed E-state index contributed by atoms with van der Waals surface area (Å²) in [6.45, 7) is 7.85. The Labute approximate surface area is 221 Å². The molecule has 1 aromatic carbocycles. The highest BCUT2D eigenvalue weighted by molar-refractivity contribution is 6.36. The first-order chi connectivity index (χ1) is 17.8. The van der Waals surface area contributed by atoms with E-state index in [1.54, 1.807) is 23.5 Å².